The maximum Gasteiger partial charge on any atom is 0 e. The van der Waals surface area contributed by atoms with Crippen molar-refractivity contribution in [2.75, 3.05) is 12.5 Å². The Morgan fingerprint density at radius 1 is 1.25 bits per heavy atom. The van der Waals surface area contributed by atoms with E-state index in [0.29, 0.717) is 0 Å². The molecule has 0 saturated heterocycles. The van der Waals surface area contributed by atoms with E-state index < -0.39 is 0 Å². The molecule has 0 fully saturated rings. The topological polar surface area (TPSA) is 0 Å². The minimum atomic E-state index is 0. The van der Waals surface area contributed by atoms with E-state index >= 15 is 0 Å². The van der Waals surface area contributed by atoms with Crippen molar-refractivity contribution in [3.05, 3.63) is 0 Å². The van der Waals surface area contributed by atoms with Crippen molar-refractivity contribution in [2.45, 2.75) is 0 Å². The van der Waals surface area contributed by atoms with Gasteiger partial charge in [0.15, 0.2) is 0 Å². The molecule has 0 N–H and O–H groups in total. The van der Waals surface area contributed by atoms with Gasteiger partial charge in [0.25, 0.3) is 0 Å². The summed E-state index contributed by atoms with van der Waals surface area (Å²) in [7, 11) is 0. The maximum atomic E-state index is 2.04. The molecule has 0 aliphatic carbocycles. The third-order valence-corrected chi connectivity index (χ3v) is 0. The van der Waals surface area contributed by atoms with Crippen LogP contribution in [0.1, 0.15) is 0 Å². The van der Waals surface area contributed by atoms with E-state index in [4.69, 9.17) is 0 Å². The molecule has 0 aromatic carbocycles. The van der Waals surface area contributed by atoms with Crippen LogP contribution in [0.3, 0.4) is 0 Å². The molecular formula is C2H6SSn. The zero-order chi connectivity index (χ0) is 2.71. The largest absolute Gasteiger partial charge is 0.169 e. The van der Waals surface area contributed by atoms with Crippen LogP contribution in [0.5, 0.6) is 0 Å². The average Bonchev–Trinajstić information content (AvgIpc) is 0.918. The van der Waals surface area contributed by atoms with Gasteiger partial charge in [0.2, 0.25) is 0 Å². The summed E-state index contributed by atoms with van der Waals surface area (Å²) in [5.74, 6) is 0. The fourth-order valence-corrected chi connectivity index (χ4v) is 0. The van der Waals surface area contributed by atoms with Gasteiger partial charge >= 0.3 is 0 Å². The fourth-order valence-electron chi connectivity index (χ4n) is 0. The van der Waals surface area contributed by atoms with Gasteiger partial charge in [-0.25, -0.2) is 0 Å². The van der Waals surface area contributed by atoms with Crippen LogP contribution in [0.4, 0.5) is 0 Å². The van der Waals surface area contributed by atoms with Gasteiger partial charge in [-0.3, -0.25) is 0 Å². The first-order valence-electron chi connectivity index (χ1n) is 0.816. The summed E-state index contributed by atoms with van der Waals surface area (Å²) in [6, 6.07) is 0. The predicted octanol–water partition coefficient (Wildman–Crippen LogP) is 0.598. The monoisotopic (exact) mass is 182 g/mol. The Morgan fingerprint density at radius 3 is 1.25 bits per heavy atom. The molecule has 0 amide bonds. The van der Waals surface area contributed by atoms with Crippen molar-refractivity contribution < 1.29 is 0 Å². The molecule has 4 radical (unpaired) electrons. The van der Waals surface area contributed by atoms with E-state index in [-0.39, 0.29) is 23.9 Å². The van der Waals surface area contributed by atoms with Crippen LogP contribution in [0, 0.1) is 0 Å². The van der Waals surface area contributed by atoms with Gasteiger partial charge in [-0.1, -0.05) is 0 Å². The van der Waals surface area contributed by atoms with Gasteiger partial charge in [0.1, 0.15) is 0 Å². The smallest absolute Gasteiger partial charge is 0 e. The molecule has 0 spiro atoms. The number of hydrogen-bond acceptors (Lipinski definition) is 1. The van der Waals surface area contributed by atoms with Gasteiger partial charge in [0, 0.05) is 23.9 Å². The van der Waals surface area contributed by atoms with Crippen LogP contribution in [0.2, 0.25) is 0 Å². The van der Waals surface area contributed by atoms with Crippen LogP contribution in [0.15, 0.2) is 0 Å². The average molecular weight is 181 g/mol. The Labute approximate surface area is 48.3 Å². The predicted molar refractivity (Wildman–Crippen MR) is 25.2 cm³/mol. The van der Waals surface area contributed by atoms with Crippen LogP contribution < -0.4 is 0 Å². The summed E-state index contributed by atoms with van der Waals surface area (Å²) < 4.78 is 0. The number of hydrogen-bond donors (Lipinski definition) is 0. The molecule has 0 aliphatic rings. The summed E-state index contributed by atoms with van der Waals surface area (Å²) in [5.41, 5.74) is 0. The summed E-state index contributed by atoms with van der Waals surface area (Å²) in [4.78, 5) is 0. The first kappa shape index (κ1) is 8.94. The molecular weight excluding hydrogens is 175 g/mol. The molecule has 0 unspecified atom stereocenters. The van der Waals surface area contributed by atoms with E-state index in [2.05, 4.69) is 0 Å². The van der Waals surface area contributed by atoms with Crippen molar-refractivity contribution in [1.29, 1.82) is 0 Å². The first-order valence-corrected chi connectivity index (χ1v) is 2.45. The van der Waals surface area contributed by atoms with E-state index in [1.54, 1.807) is 11.8 Å². The summed E-state index contributed by atoms with van der Waals surface area (Å²) >= 11 is 1.75. The van der Waals surface area contributed by atoms with Crippen LogP contribution in [0.25, 0.3) is 0 Å². The minimum absolute atomic E-state index is 0. The molecule has 0 bridgehead atoms. The zero-order valence-corrected chi connectivity index (χ0v) is 6.58. The maximum absolute atomic E-state index is 2.04. The number of thioether (sulfide) groups is 1. The molecule has 0 aromatic rings. The SMILES string of the molecule is CSC.[Sn]. The Morgan fingerprint density at radius 2 is 1.25 bits per heavy atom. The van der Waals surface area contributed by atoms with Gasteiger partial charge in [-0.05, 0) is 12.5 Å². The molecule has 0 aromatic heterocycles. The Bertz CT molecular complexity index is 6.00. The zero-order valence-electron chi connectivity index (χ0n) is 2.91. The quantitative estimate of drug-likeness (QED) is 0.493. The summed E-state index contributed by atoms with van der Waals surface area (Å²) in [6.07, 6.45) is 4.08. The van der Waals surface area contributed by atoms with Crippen molar-refractivity contribution in [3.63, 3.8) is 0 Å². The Kier molecular flexibility index (Phi) is 19.9. The van der Waals surface area contributed by atoms with Crippen LogP contribution >= 0.6 is 11.8 Å². The van der Waals surface area contributed by atoms with Crippen LogP contribution in [-0.2, 0) is 0 Å². The van der Waals surface area contributed by atoms with E-state index in [0.717, 1.165) is 0 Å². The van der Waals surface area contributed by atoms with E-state index in [1.165, 1.54) is 0 Å². The normalized spacial score (nSPS) is 4.50. The van der Waals surface area contributed by atoms with Crippen LogP contribution in [-0.4, -0.2) is 36.4 Å². The standard InChI is InChI=1S/C2H6S.Sn/c1-3-2;/h1-2H3;. The van der Waals surface area contributed by atoms with Gasteiger partial charge in [0.05, 0.1) is 0 Å². The molecule has 0 aliphatic heterocycles. The van der Waals surface area contributed by atoms with Gasteiger partial charge in [-0.15, -0.1) is 0 Å². The second kappa shape index (κ2) is 8.91. The second-order valence-corrected chi connectivity index (χ2v) is 1.22. The summed E-state index contributed by atoms with van der Waals surface area (Å²) in [5, 5.41) is 0. The van der Waals surface area contributed by atoms with Crippen molar-refractivity contribution in [1.82, 2.24) is 0 Å². The number of rotatable bonds is 0. The van der Waals surface area contributed by atoms with E-state index in [1.807, 2.05) is 12.5 Å². The minimum Gasteiger partial charge on any atom is -0.169 e. The molecule has 2 heteroatoms. The molecule has 24 valence electrons. The Balaban J connectivity index is 0. The third-order valence-electron chi connectivity index (χ3n) is 0. The van der Waals surface area contributed by atoms with E-state index in [9.17, 15) is 0 Å². The molecule has 0 saturated carbocycles. The van der Waals surface area contributed by atoms with Crippen molar-refractivity contribution in [2.24, 2.45) is 0 Å². The molecule has 0 nitrogen and oxygen atoms in total. The first-order chi connectivity index (χ1) is 1.41. The summed E-state index contributed by atoms with van der Waals surface area (Å²) in [6.45, 7) is 0. The van der Waals surface area contributed by atoms with Crippen molar-refractivity contribution >= 4 is 35.7 Å². The fraction of sp³-hybridized carbons (Fsp3) is 1.00. The third kappa shape index (κ3) is 11.0. The molecule has 4 heavy (non-hydrogen) atoms. The Hall–Kier alpha value is 1.15. The van der Waals surface area contributed by atoms with Gasteiger partial charge < -0.3 is 0 Å². The van der Waals surface area contributed by atoms with Crippen molar-refractivity contribution in [3.8, 4) is 0 Å². The second-order valence-electron chi connectivity index (χ2n) is 0.408. The molecule has 0 atom stereocenters. The molecule has 0 rings (SSSR count). The van der Waals surface area contributed by atoms with Gasteiger partial charge in [-0.2, -0.15) is 11.8 Å². The molecule has 0 heterocycles.